The highest BCUT2D eigenvalue weighted by molar-refractivity contribution is 7.20. The Morgan fingerprint density at radius 1 is 1.38 bits per heavy atom. The predicted octanol–water partition coefficient (Wildman–Crippen LogP) is 1.74. The maximum atomic E-state index is 11.2. The van der Waals surface area contributed by atoms with Crippen molar-refractivity contribution in [3.05, 3.63) is 29.0 Å². The second-order valence-corrected chi connectivity index (χ2v) is 5.27. The van der Waals surface area contributed by atoms with E-state index in [-0.39, 0.29) is 4.88 Å². The van der Waals surface area contributed by atoms with Crippen LogP contribution in [0.1, 0.15) is 21.1 Å². The lowest BCUT2D eigenvalue weighted by atomic mass is 10.2. The molecule has 0 bridgehead atoms. The number of aromatic carboxylic acids is 1. The van der Waals surface area contributed by atoms with Crippen molar-refractivity contribution in [2.24, 2.45) is 0 Å². The van der Waals surface area contributed by atoms with Gasteiger partial charge >= 0.3 is 5.97 Å². The van der Waals surface area contributed by atoms with Gasteiger partial charge in [-0.3, -0.25) is 0 Å². The normalized spacial score (nSPS) is 10.9. The van der Waals surface area contributed by atoms with Crippen LogP contribution in [0.25, 0.3) is 10.2 Å². The zero-order chi connectivity index (χ0) is 14.8. The molecule has 3 heterocycles. The zero-order valence-electron chi connectivity index (χ0n) is 11.0. The van der Waals surface area contributed by atoms with E-state index in [1.54, 1.807) is 6.92 Å². The van der Waals surface area contributed by atoms with Gasteiger partial charge in [-0.05, 0) is 12.5 Å². The molecule has 0 spiro atoms. The van der Waals surface area contributed by atoms with E-state index in [2.05, 4.69) is 25.4 Å². The lowest BCUT2D eigenvalue weighted by Gasteiger charge is -2.05. The van der Waals surface area contributed by atoms with Crippen molar-refractivity contribution in [2.45, 2.75) is 13.3 Å². The maximum absolute atomic E-state index is 11.2. The van der Waals surface area contributed by atoms with Gasteiger partial charge in [0.25, 0.3) is 0 Å². The second kappa shape index (κ2) is 5.44. The lowest BCUT2D eigenvalue weighted by molar-refractivity contribution is 0.0701. The summed E-state index contributed by atoms with van der Waals surface area (Å²) in [5.41, 5.74) is 0.670. The molecule has 2 N–H and O–H groups in total. The monoisotopic (exact) mass is 305 g/mol. The Hall–Kier alpha value is -2.55. The molecule has 0 aliphatic rings. The quantitative estimate of drug-likeness (QED) is 0.732. The number of thiophene rings is 1. The van der Waals surface area contributed by atoms with Crippen molar-refractivity contribution in [2.75, 3.05) is 11.9 Å². The van der Waals surface area contributed by atoms with Crippen LogP contribution in [0.5, 0.6) is 0 Å². The third-order valence-electron chi connectivity index (χ3n) is 2.96. The third-order valence-corrected chi connectivity index (χ3v) is 4.15. The first kappa shape index (κ1) is 13.4. The number of fused-ring (bicyclic) bond motifs is 1. The Labute approximate surface area is 122 Å². The van der Waals surface area contributed by atoms with Crippen LogP contribution in [-0.2, 0) is 6.42 Å². The van der Waals surface area contributed by atoms with E-state index in [0.29, 0.717) is 35.1 Å². The topological polar surface area (TPSA) is 114 Å². The SMILES string of the molecule is Cc1c(C(=O)O)sc2ncnc(NCCc3ncno3)c12. The number of nitrogens with one attached hydrogen (secondary N) is 1. The molecule has 108 valence electrons. The molecule has 3 aromatic rings. The minimum absolute atomic E-state index is 0.283. The molecule has 0 aliphatic carbocycles. The van der Waals surface area contributed by atoms with Gasteiger partial charge < -0.3 is 14.9 Å². The molecule has 0 fully saturated rings. The van der Waals surface area contributed by atoms with E-state index in [9.17, 15) is 9.90 Å². The summed E-state index contributed by atoms with van der Waals surface area (Å²) in [6, 6.07) is 0. The number of aryl methyl sites for hydroxylation is 1. The number of carboxylic acid groups (broad SMARTS) is 1. The van der Waals surface area contributed by atoms with E-state index < -0.39 is 5.97 Å². The van der Waals surface area contributed by atoms with E-state index in [1.807, 2.05) is 0 Å². The van der Waals surface area contributed by atoms with Crippen LogP contribution in [0.4, 0.5) is 5.82 Å². The summed E-state index contributed by atoms with van der Waals surface area (Å²) in [5, 5.41) is 16.6. The summed E-state index contributed by atoms with van der Waals surface area (Å²) >= 11 is 1.15. The van der Waals surface area contributed by atoms with Crippen LogP contribution in [0, 0.1) is 6.92 Å². The molecule has 0 saturated heterocycles. The Morgan fingerprint density at radius 2 is 2.24 bits per heavy atom. The van der Waals surface area contributed by atoms with Gasteiger partial charge in [-0.15, -0.1) is 11.3 Å². The van der Waals surface area contributed by atoms with E-state index in [0.717, 1.165) is 16.7 Å². The van der Waals surface area contributed by atoms with Gasteiger partial charge in [0.1, 0.15) is 21.9 Å². The summed E-state index contributed by atoms with van der Waals surface area (Å²) in [6.45, 7) is 2.31. The lowest BCUT2D eigenvalue weighted by Crippen LogP contribution is -2.07. The molecule has 0 atom stereocenters. The smallest absolute Gasteiger partial charge is 0.346 e. The van der Waals surface area contributed by atoms with E-state index >= 15 is 0 Å². The van der Waals surface area contributed by atoms with Crippen molar-refractivity contribution in [3.8, 4) is 0 Å². The first-order valence-corrected chi connectivity index (χ1v) is 6.95. The second-order valence-electron chi connectivity index (χ2n) is 4.28. The summed E-state index contributed by atoms with van der Waals surface area (Å²) in [5.74, 6) is 0.189. The number of nitrogens with zero attached hydrogens (tertiary/aromatic N) is 4. The van der Waals surface area contributed by atoms with Crippen LogP contribution in [0.15, 0.2) is 17.2 Å². The van der Waals surface area contributed by atoms with Crippen molar-refractivity contribution in [1.82, 2.24) is 20.1 Å². The molecule has 3 rings (SSSR count). The van der Waals surface area contributed by atoms with E-state index in [4.69, 9.17) is 4.52 Å². The van der Waals surface area contributed by atoms with Crippen LogP contribution >= 0.6 is 11.3 Å². The first-order valence-electron chi connectivity index (χ1n) is 6.13. The van der Waals surface area contributed by atoms with Gasteiger partial charge in [0.15, 0.2) is 6.33 Å². The van der Waals surface area contributed by atoms with Crippen LogP contribution in [0.2, 0.25) is 0 Å². The number of aromatic nitrogens is 4. The maximum Gasteiger partial charge on any atom is 0.346 e. The fourth-order valence-electron chi connectivity index (χ4n) is 2.00. The van der Waals surface area contributed by atoms with Gasteiger partial charge in [-0.25, -0.2) is 14.8 Å². The molecule has 0 amide bonds. The highest BCUT2D eigenvalue weighted by Gasteiger charge is 2.18. The number of carboxylic acids is 1. The Bertz CT molecular complexity index is 784. The van der Waals surface area contributed by atoms with Crippen LogP contribution in [-0.4, -0.2) is 37.7 Å². The average molecular weight is 305 g/mol. The van der Waals surface area contributed by atoms with Gasteiger partial charge in [0.2, 0.25) is 5.89 Å². The van der Waals surface area contributed by atoms with Crippen LogP contribution in [0.3, 0.4) is 0 Å². The molecule has 0 radical (unpaired) electrons. The first-order chi connectivity index (χ1) is 10.2. The average Bonchev–Trinajstić information content (AvgIpc) is 3.07. The number of anilines is 1. The third kappa shape index (κ3) is 2.55. The predicted molar refractivity (Wildman–Crippen MR) is 75.6 cm³/mol. The minimum atomic E-state index is -0.952. The zero-order valence-corrected chi connectivity index (χ0v) is 11.8. The molecule has 0 unspecified atom stereocenters. The minimum Gasteiger partial charge on any atom is -0.477 e. The summed E-state index contributed by atoms with van der Waals surface area (Å²) < 4.78 is 4.91. The van der Waals surface area contributed by atoms with E-state index in [1.165, 1.54) is 12.7 Å². The molecule has 3 aromatic heterocycles. The largest absolute Gasteiger partial charge is 0.477 e. The number of hydrogen-bond donors (Lipinski definition) is 2. The molecule has 21 heavy (non-hydrogen) atoms. The van der Waals surface area contributed by atoms with Crippen molar-refractivity contribution in [1.29, 1.82) is 0 Å². The Kier molecular flexibility index (Phi) is 3.48. The van der Waals surface area contributed by atoms with Gasteiger partial charge in [0, 0.05) is 13.0 Å². The van der Waals surface area contributed by atoms with Crippen molar-refractivity contribution in [3.63, 3.8) is 0 Å². The molecule has 8 nitrogen and oxygen atoms in total. The highest BCUT2D eigenvalue weighted by Crippen LogP contribution is 2.33. The number of carbonyl (C=O) groups is 1. The summed E-state index contributed by atoms with van der Waals surface area (Å²) in [7, 11) is 0. The standard InChI is InChI=1S/C12H11N5O3S/c1-6-8-10(13-3-2-7-14-5-17-20-7)15-4-16-11(8)21-9(6)12(18)19/h4-5H,2-3H2,1H3,(H,18,19)(H,13,15,16). The Balaban J connectivity index is 1.86. The number of rotatable bonds is 5. The molecule has 0 aromatic carbocycles. The van der Waals surface area contributed by atoms with Crippen molar-refractivity contribution >= 4 is 33.3 Å². The fraction of sp³-hybridized carbons (Fsp3) is 0.250. The highest BCUT2D eigenvalue weighted by atomic mass is 32.1. The van der Waals surface area contributed by atoms with Gasteiger partial charge in [-0.1, -0.05) is 5.16 Å². The molecular formula is C12H11N5O3S. The molecule has 0 aliphatic heterocycles. The van der Waals surface area contributed by atoms with Gasteiger partial charge in [0.05, 0.1) is 5.39 Å². The van der Waals surface area contributed by atoms with Gasteiger partial charge in [-0.2, -0.15) is 4.98 Å². The number of hydrogen-bond acceptors (Lipinski definition) is 8. The molecular weight excluding hydrogens is 294 g/mol. The fourth-order valence-corrected chi connectivity index (χ4v) is 2.99. The van der Waals surface area contributed by atoms with Crippen molar-refractivity contribution < 1.29 is 14.4 Å². The molecule has 9 heteroatoms. The Morgan fingerprint density at radius 3 is 2.95 bits per heavy atom. The summed E-state index contributed by atoms with van der Waals surface area (Å²) in [4.78, 5) is 24.4. The molecule has 0 saturated carbocycles. The summed E-state index contributed by atoms with van der Waals surface area (Å²) in [6.07, 6.45) is 3.32. The van der Waals surface area contributed by atoms with Crippen LogP contribution < -0.4 is 5.32 Å².